The molecule has 0 radical (unpaired) electrons. The van der Waals surface area contributed by atoms with Gasteiger partial charge in [-0.2, -0.15) is 5.10 Å². The van der Waals surface area contributed by atoms with Crippen molar-refractivity contribution >= 4 is 41.3 Å². The van der Waals surface area contributed by atoms with E-state index in [-0.39, 0.29) is 5.75 Å². The molecule has 0 bridgehead atoms. The Morgan fingerprint density at radius 2 is 1.58 bits per heavy atom. The number of methoxy groups -OCH3 is 1. The van der Waals surface area contributed by atoms with E-state index in [0.717, 1.165) is 0 Å². The monoisotopic (exact) mass is 486 g/mol. The molecule has 0 heterocycles. The van der Waals surface area contributed by atoms with Crippen LogP contribution >= 0.6 is 23.2 Å². The highest BCUT2D eigenvalue weighted by Crippen LogP contribution is 2.28. The van der Waals surface area contributed by atoms with E-state index < -0.39 is 18.0 Å². The molecule has 0 aliphatic heterocycles. The van der Waals surface area contributed by atoms with E-state index in [0.29, 0.717) is 32.7 Å². The van der Waals surface area contributed by atoms with Crippen LogP contribution in [-0.2, 0) is 4.79 Å². The molecule has 0 saturated carbocycles. The Morgan fingerprint density at radius 1 is 0.939 bits per heavy atom. The minimum Gasteiger partial charge on any atom is -0.493 e. The maximum Gasteiger partial charge on any atom is 0.343 e. The Kier molecular flexibility index (Phi) is 8.29. The van der Waals surface area contributed by atoms with Gasteiger partial charge in [-0.1, -0.05) is 23.2 Å². The summed E-state index contributed by atoms with van der Waals surface area (Å²) in [4.78, 5) is 24.5. The van der Waals surface area contributed by atoms with Crippen LogP contribution in [0.1, 0.15) is 22.8 Å². The van der Waals surface area contributed by atoms with E-state index in [2.05, 4.69) is 10.5 Å². The van der Waals surface area contributed by atoms with Crippen molar-refractivity contribution in [1.82, 2.24) is 5.43 Å². The van der Waals surface area contributed by atoms with Crippen molar-refractivity contribution in [3.63, 3.8) is 0 Å². The SMILES string of the molecule is COc1cc(/C=N/NC(=O)C(C)Oc2ccc(Cl)cc2)ccc1OC(=O)c1ccc(Cl)cc1. The van der Waals surface area contributed by atoms with E-state index in [1.54, 1.807) is 73.7 Å². The average molecular weight is 487 g/mol. The molecule has 1 amide bonds. The van der Waals surface area contributed by atoms with Crippen LogP contribution in [0, 0.1) is 0 Å². The highest BCUT2D eigenvalue weighted by atomic mass is 35.5. The molecule has 3 aromatic carbocycles. The Bertz CT molecular complexity index is 1150. The molecule has 0 saturated heterocycles. The number of nitrogens with zero attached hydrogens (tertiary/aromatic N) is 1. The molecule has 33 heavy (non-hydrogen) atoms. The smallest absolute Gasteiger partial charge is 0.343 e. The number of carbonyl (C=O) groups is 2. The molecule has 0 fully saturated rings. The molecule has 7 nitrogen and oxygen atoms in total. The largest absolute Gasteiger partial charge is 0.493 e. The average Bonchev–Trinajstić information content (AvgIpc) is 2.81. The molecule has 1 atom stereocenters. The first-order valence-corrected chi connectivity index (χ1v) is 10.5. The van der Waals surface area contributed by atoms with Gasteiger partial charge in [-0.15, -0.1) is 0 Å². The van der Waals surface area contributed by atoms with Crippen molar-refractivity contribution < 1.29 is 23.8 Å². The number of halogens is 2. The lowest BCUT2D eigenvalue weighted by Gasteiger charge is -2.13. The number of hydrogen-bond acceptors (Lipinski definition) is 6. The number of carbonyl (C=O) groups excluding carboxylic acids is 2. The Morgan fingerprint density at radius 3 is 2.21 bits per heavy atom. The van der Waals surface area contributed by atoms with E-state index in [1.165, 1.54) is 13.3 Å². The van der Waals surface area contributed by atoms with Crippen LogP contribution in [0.4, 0.5) is 0 Å². The fourth-order valence-electron chi connectivity index (χ4n) is 2.63. The molecule has 0 aliphatic rings. The highest BCUT2D eigenvalue weighted by molar-refractivity contribution is 6.30. The summed E-state index contributed by atoms with van der Waals surface area (Å²) in [7, 11) is 1.45. The zero-order chi connectivity index (χ0) is 23.8. The molecule has 170 valence electrons. The number of amides is 1. The third kappa shape index (κ3) is 6.97. The Labute approximate surface area is 200 Å². The van der Waals surface area contributed by atoms with Crippen molar-refractivity contribution in [2.24, 2.45) is 5.10 Å². The van der Waals surface area contributed by atoms with E-state index >= 15 is 0 Å². The summed E-state index contributed by atoms with van der Waals surface area (Å²) in [5.74, 6) is 0.102. The third-order valence-electron chi connectivity index (χ3n) is 4.35. The topological polar surface area (TPSA) is 86.2 Å². The second-order valence-corrected chi connectivity index (χ2v) is 7.63. The summed E-state index contributed by atoms with van der Waals surface area (Å²) >= 11 is 11.7. The normalized spacial score (nSPS) is 11.6. The minimum absolute atomic E-state index is 0.239. The summed E-state index contributed by atoms with van der Waals surface area (Å²) in [6, 6.07) is 17.9. The molecular weight excluding hydrogens is 467 g/mol. The first-order chi connectivity index (χ1) is 15.9. The van der Waals surface area contributed by atoms with Gasteiger partial charge in [0.15, 0.2) is 17.6 Å². The number of hydrogen-bond donors (Lipinski definition) is 1. The van der Waals surface area contributed by atoms with Gasteiger partial charge >= 0.3 is 5.97 Å². The van der Waals surface area contributed by atoms with Crippen molar-refractivity contribution in [3.8, 4) is 17.2 Å². The van der Waals surface area contributed by atoms with E-state index in [1.807, 2.05) is 0 Å². The van der Waals surface area contributed by atoms with Crippen LogP contribution in [0.25, 0.3) is 0 Å². The van der Waals surface area contributed by atoms with E-state index in [4.69, 9.17) is 37.4 Å². The molecule has 0 aromatic heterocycles. The van der Waals surface area contributed by atoms with Crippen LogP contribution in [0.3, 0.4) is 0 Å². The summed E-state index contributed by atoms with van der Waals surface area (Å²) in [5.41, 5.74) is 3.38. The molecule has 3 rings (SSSR count). The first kappa shape index (κ1) is 24.1. The van der Waals surface area contributed by atoms with Crippen molar-refractivity contribution in [2.75, 3.05) is 7.11 Å². The predicted molar refractivity (Wildman–Crippen MR) is 127 cm³/mol. The fourth-order valence-corrected chi connectivity index (χ4v) is 2.88. The van der Waals surface area contributed by atoms with Crippen LogP contribution < -0.4 is 19.6 Å². The molecule has 1 unspecified atom stereocenters. The second-order valence-electron chi connectivity index (χ2n) is 6.75. The predicted octanol–water partition coefficient (Wildman–Crippen LogP) is 5.14. The molecule has 1 N–H and O–H groups in total. The Hall–Kier alpha value is -3.55. The lowest BCUT2D eigenvalue weighted by atomic mass is 10.2. The van der Waals surface area contributed by atoms with Crippen molar-refractivity contribution in [2.45, 2.75) is 13.0 Å². The summed E-state index contributed by atoms with van der Waals surface area (Å²) in [6.45, 7) is 1.60. The lowest BCUT2D eigenvalue weighted by molar-refractivity contribution is -0.127. The number of ether oxygens (including phenoxy) is 3. The number of benzene rings is 3. The zero-order valence-electron chi connectivity index (χ0n) is 17.7. The van der Waals surface area contributed by atoms with Gasteiger partial charge in [0, 0.05) is 10.0 Å². The van der Waals surface area contributed by atoms with Crippen LogP contribution in [0.2, 0.25) is 10.0 Å². The maximum absolute atomic E-state index is 12.3. The first-order valence-electron chi connectivity index (χ1n) is 9.76. The third-order valence-corrected chi connectivity index (χ3v) is 4.86. The minimum atomic E-state index is -0.771. The molecule has 3 aromatic rings. The van der Waals surface area contributed by atoms with Gasteiger partial charge in [0.1, 0.15) is 5.75 Å². The van der Waals surface area contributed by atoms with Gasteiger partial charge in [-0.05, 0) is 79.2 Å². The van der Waals surface area contributed by atoms with Crippen LogP contribution in [-0.4, -0.2) is 31.3 Å². The number of hydrazone groups is 1. The summed E-state index contributed by atoms with van der Waals surface area (Å²) in [5, 5.41) is 5.03. The van der Waals surface area contributed by atoms with Crippen LogP contribution in [0.15, 0.2) is 71.8 Å². The fraction of sp³-hybridized carbons (Fsp3) is 0.125. The zero-order valence-corrected chi connectivity index (χ0v) is 19.3. The molecule has 9 heteroatoms. The van der Waals surface area contributed by atoms with Gasteiger partial charge in [-0.3, -0.25) is 4.79 Å². The molecule has 0 aliphatic carbocycles. The standard InChI is InChI=1S/C24H20Cl2N2O5/c1-15(32-20-10-8-19(26)9-11-20)23(29)28-27-14-16-3-12-21(22(13-16)31-2)33-24(30)17-4-6-18(25)7-5-17/h3-15H,1-2H3,(H,28,29)/b27-14+. The van der Waals surface area contributed by atoms with Gasteiger partial charge in [0.25, 0.3) is 5.91 Å². The Balaban J connectivity index is 1.59. The van der Waals surface area contributed by atoms with E-state index in [9.17, 15) is 9.59 Å². The molecular formula is C24H20Cl2N2O5. The molecule has 0 spiro atoms. The van der Waals surface area contributed by atoms with Gasteiger partial charge in [0.05, 0.1) is 18.9 Å². The summed E-state index contributed by atoms with van der Waals surface area (Å²) in [6.07, 6.45) is 0.660. The maximum atomic E-state index is 12.3. The van der Waals surface area contributed by atoms with Crippen molar-refractivity contribution in [1.29, 1.82) is 0 Å². The van der Waals surface area contributed by atoms with Gasteiger partial charge in [-0.25, -0.2) is 10.2 Å². The van der Waals surface area contributed by atoms with Gasteiger partial charge in [0.2, 0.25) is 0 Å². The number of rotatable bonds is 8. The lowest BCUT2D eigenvalue weighted by Crippen LogP contribution is -2.33. The second kappa shape index (κ2) is 11.4. The van der Waals surface area contributed by atoms with Gasteiger partial charge < -0.3 is 14.2 Å². The number of nitrogens with one attached hydrogen (secondary N) is 1. The van der Waals surface area contributed by atoms with Crippen LogP contribution in [0.5, 0.6) is 17.2 Å². The number of esters is 1. The quantitative estimate of drug-likeness (QED) is 0.206. The van der Waals surface area contributed by atoms with Crippen molar-refractivity contribution in [3.05, 3.63) is 87.9 Å². The highest BCUT2D eigenvalue weighted by Gasteiger charge is 2.15. The summed E-state index contributed by atoms with van der Waals surface area (Å²) < 4.78 is 16.3.